The predicted molar refractivity (Wildman–Crippen MR) is 93.3 cm³/mol. The molecule has 0 amide bonds. The van der Waals surface area contributed by atoms with Crippen LogP contribution >= 0.6 is 11.6 Å². The number of nitrogens with one attached hydrogen (secondary N) is 1. The summed E-state index contributed by atoms with van der Waals surface area (Å²) in [6.07, 6.45) is -9.27. The third-order valence-corrected chi connectivity index (χ3v) is 4.69. The van der Waals surface area contributed by atoms with Crippen LogP contribution in [-0.4, -0.2) is 48.2 Å². The Kier molecular flexibility index (Phi) is 6.41. The normalized spacial score (nSPS) is 18.1. The molecule has 1 heterocycles. The summed E-state index contributed by atoms with van der Waals surface area (Å²) in [5.74, 6) is -12.2. The van der Waals surface area contributed by atoms with Crippen molar-refractivity contribution in [1.29, 1.82) is 5.41 Å². The van der Waals surface area contributed by atoms with Crippen LogP contribution in [0.3, 0.4) is 0 Å². The summed E-state index contributed by atoms with van der Waals surface area (Å²) in [7, 11) is 1.38. The number of para-hydroxylation sites is 1. The molecule has 1 atom stereocenters. The average Bonchev–Trinajstić information content (AvgIpc) is 3.00. The smallest absolute Gasteiger partial charge is 0.459 e. The van der Waals surface area contributed by atoms with Gasteiger partial charge in [0.2, 0.25) is 0 Å². The molecule has 12 heteroatoms. The van der Waals surface area contributed by atoms with Crippen LogP contribution in [0, 0.1) is 11.3 Å². The molecule has 0 aliphatic carbocycles. The molecule has 1 unspecified atom stereocenters. The fourth-order valence-corrected chi connectivity index (χ4v) is 3.04. The lowest BCUT2D eigenvalue weighted by molar-refractivity contribution is -0.355. The number of hydrogen-bond acceptors (Lipinski definition) is 3. The van der Waals surface area contributed by atoms with E-state index in [9.17, 15) is 30.7 Å². The van der Waals surface area contributed by atoms with Gasteiger partial charge in [-0.15, -0.1) is 0 Å². The number of hydrazone groups is 1. The molecule has 1 aromatic carbocycles. The van der Waals surface area contributed by atoms with Crippen LogP contribution in [0.25, 0.3) is 0 Å². The number of benzene rings is 1. The quantitative estimate of drug-likeness (QED) is 0.351. The standard InChI is InChI=1S/C17H17ClF7N3O/c1-9-8-28(27-13(9)10-4-3-5-11(18)14(10)29-2)12(26)6-7-15(19,20)16(21,22)17(23,24)25/h3-5,9,26H,6-8H2,1-2H3. The van der Waals surface area contributed by atoms with Gasteiger partial charge < -0.3 is 4.74 Å². The van der Waals surface area contributed by atoms with E-state index in [1.165, 1.54) is 7.11 Å². The number of alkyl halides is 7. The Morgan fingerprint density at radius 3 is 2.41 bits per heavy atom. The summed E-state index contributed by atoms with van der Waals surface area (Å²) in [4.78, 5) is 0. The van der Waals surface area contributed by atoms with Crippen LogP contribution < -0.4 is 4.74 Å². The van der Waals surface area contributed by atoms with Gasteiger partial charge in [0.15, 0.2) is 0 Å². The molecule has 0 saturated carbocycles. The first kappa shape index (κ1) is 23.2. The highest BCUT2D eigenvalue weighted by molar-refractivity contribution is 6.32. The molecule has 2 rings (SSSR count). The second-order valence-electron chi connectivity index (χ2n) is 6.51. The summed E-state index contributed by atoms with van der Waals surface area (Å²) in [6.45, 7) is 1.78. The minimum atomic E-state index is -6.39. The van der Waals surface area contributed by atoms with Gasteiger partial charge in [-0.1, -0.05) is 24.6 Å². The summed E-state index contributed by atoms with van der Waals surface area (Å²) in [6, 6.07) is 4.85. The topological polar surface area (TPSA) is 48.7 Å². The van der Waals surface area contributed by atoms with Crippen LogP contribution in [0.15, 0.2) is 23.3 Å². The molecule has 0 radical (unpaired) electrons. The van der Waals surface area contributed by atoms with Crippen LogP contribution in [0.2, 0.25) is 5.02 Å². The van der Waals surface area contributed by atoms with E-state index < -0.39 is 36.7 Å². The summed E-state index contributed by atoms with van der Waals surface area (Å²) in [5.41, 5.74) is 0.915. The summed E-state index contributed by atoms with van der Waals surface area (Å²) in [5, 5.41) is 13.2. The zero-order valence-corrected chi connectivity index (χ0v) is 16.0. The Bertz CT molecular complexity index is 811. The Balaban J connectivity index is 2.17. The first-order valence-electron chi connectivity index (χ1n) is 8.31. The van der Waals surface area contributed by atoms with Crippen molar-refractivity contribution >= 4 is 23.1 Å². The maximum Gasteiger partial charge on any atom is 0.459 e. The molecule has 0 bridgehead atoms. The number of nitrogens with zero attached hydrogens (tertiary/aromatic N) is 2. The highest BCUT2D eigenvalue weighted by Crippen LogP contribution is 2.48. The van der Waals surface area contributed by atoms with Crippen LogP contribution in [0.1, 0.15) is 25.3 Å². The van der Waals surface area contributed by atoms with Crippen molar-refractivity contribution in [2.45, 2.75) is 37.8 Å². The molecule has 1 aliphatic heterocycles. The van der Waals surface area contributed by atoms with E-state index in [0.717, 1.165) is 5.01 Å². The zero-order chi connectivity index (χ0) is 22.2. The number of hydrogen-bond donors (Lipinski definition) is 1. The molecule has 162 valence electrons. The second-order valence-corrected chi connectivity index (χ2v) is 6.92. The summed E-state index contributed by atoms with van der Waals surface area (Å²) >= 11 is 6.05. The maximum atomic E-state index is 13.5. The van der Waals surface area contributed by atoms with Gasteiger partial charge in [0.25, 0.3) is 0 Å². The van der Waals surface area contributed by atoms with E-state index in [2.05, 4.69) is 5.10 Å². The largest absolute Gasteiger partial charge is 0.494 e. The number of ether oxygens (including phenoxy) is 1. The number of methoxy groups -OCH3 is 1. The van der Waals surface area contributed by atoms with E-state index in [4.69, 9.17) is 21.7 Å². The predicted octanol–water partition coefficient (Wildman–Crippen LogP) is 5.59. The van der Waals surface area contributed by atoms with Gasteiger partial charge >= 0.3 is 18.0 Å². The Labute approximate surface area is 166 Å². The number of halogens is 8. The van der Waals surface area contributed by atoms with Gasteiger partial charge in [0, 0.05) is 24.3 Å². The van der Waals surface area contributed by atoms with Crippen LogP contribution in [0.4, 0.5) is 30.7 Å². The molecule has 0 saturated heterocycles. The van der Waals surface area contributed by atoms with Crippen molar-refractivity contribution in [1.82, 2.24) is 5.01 Å². The molecule has 1 aromatic rings. The molecule has 1 aliphatic rings. The summed E-state index contributed by atoms with van der Waals surface area (Å²) < 4.78 is 94.7. The van der Waals surface area contributed by atoms with E-state index in [-0.39, 0.29) is 12.5 Å². The van der Waals surface area contributed by atoms with Gasteiger partial charge in [0.1, 0.15) is 11.6 Å². The Morgan fingerprint density at radius 2 is 1.86 bits per heavy atom. The highest BCUT2D eigenvalue weighted by Gasteiger charge is 2.72. The van der Waals surface area contributed by atoms with E-state index >= 15 is 0 Å². The van der Waals surface area contributed by atoms with Gasteiger partial charge in [-0.25, -0.2) is 0 Å². The highest BCUT2D eigenvalue weighted by atomic mass is 35.5. The molecule has 4 nitrogen and oxygen atoms in total. The van der Waals surface area contributed by atoms with E-state index in [1.54, 1.807) is 25.1 Å². The van der Waals surface area contributed by atoms with Gasteiger partial charge in [-0.2, -0.15) is 35.8 Å². The van der Waals surface area contributed by atoms with Crippen molar-refractivity contribution in [2.75, 3.05) is 13.7 Å². The number of rotatable bonds is 6. The lowest BCUT2D eigenvalue weighted by Crippen LogP contribution is -2.52. The SMILES string of the molecule is COc1c(Cl)cccc1C1=NN(C(=N)CCC(F)(F)C(F)(F)C(F)(F)F)CC1C. The van der Waals surface area contributed by atoms with Crippen LogP contribution in [0.5, 0.6) is 5.75 Å². The van der Waals surface area contributed by atoms with E-state index in [0.29, 0.717) is 22.0 Å². The third-order valence-electron chi connectivity index (χ3n) is 4.39. The zero-order valence-electron chi connectivity index (χ0n) is 15.3. The lowest BCUT2D eigenvalue weighted by Gasteiger charge is -2.28. The maximum absolute atomic E-state index is 13.5. The fourth-order valence-electron chi connectivity index (χ4n) is 2.79. The molecular weight excluding hydrogens is 431 g/mol. The molecule has 1 N–H and O–H groups in total. The minimum Gasteiger partial charge on any atom is -0.494 e. The Hall–Kier alpha value is -2.04. The average molecular weight is 448 g/mol. The molecular formula is C17H17ClF7N3O. The van der Waals surface area contributed by atoms with E-state index in [1.807, 2.05) is 0 Å². The molecule has 0 spiro atoms. The lowest BCUT2D eigenvalue weighted by atomic mass is 9.98. The van der Waals surface area contributed by atoms with Crippen molar-refractivity contribution < 1.29 is 35.5 Å². The molecule has 29 heavy (non-hydrogen) atoms. The monoisotopic (exact) mass is 447 g/mol. The number of amidine groups is 1. The Morgan fingerprint density at radius 1 is 1.24 bits per heavy atom. The van der Waals surface area contributed by atoms with Crippen LogP contribution in [-0.2, 0) is 0 Å². The van der Waals surface area contributed by atoms with Crippen molar-refractivity contribution in [3.05, 3.63) is 28.8 Å². The first-order chi connectivity index (χ1) is 13.2. The van der Waals surface area contributed by atoms with Gasteiger partial charge in [-0.3, -0.25) is 10.4 Å². The minimum absolute atomic E-state index is 0.0606. The fraction of sp³-hybridized carbons (Fsp3) is 0.529. The molecule has 0 aromatic heterocycles. The van der Waals surface area contributed by atoms with Crippen molar-refractivity contribution in [2.24, 2.45) is 11.0 Å². The van der Waals surface area contributed by atoms with Crippen molar-refractivity contribution in [3.63, 3.8) is 0 Å². The van der Waals surface area contributed by atoms with Gasteiger partial charge in [-0.05, 0) is 12.1 Å². The second kappa shape index (κ2) is 8.00. The third kappa shape index (κ3) is 4.44. The van der Waals surface area contributed by atoms with Crippen molar-refractivity contribution in [3.8, 4) is 5.75 Å². The van der Waals surface area contributed by atoms with Gasteiger partial charge in [0.05, 0.1) is 24.4 Å². The molecule has 0 fully saturated rings. The first-order valence-corrected chi connectivity index (χ1v) is 8.69.